The molecule has 12 heavy (non-hydrogen) atoms. The van der Waals surface area contributed by atoms with E-state index in [1.54, 1.807) is 22.9 Å². The normalized spacial score (nSPS) is 20.8. The van der Waals surface area contributed by atoms with Gasteiger partial charge < -0.3 is 14.4 Å². The van der Waals surface area contributed by atoms with E-state index in [4.69, 9.17) is 9.84 Å². The fourth-order valence-electron chi connectivity index (χ4n) is 1.16. The molecule has 1 aromatic rings. The zero-order valence-corrected chi connectivity index (χ0v) is 6.43. The number of hydrogen-bond donors (Lipinski definition) is 1. The van der Waals surface area contributed by atoms with Gasteiger partial charge in [-0.2, -0.15) is 0 Å². The van der Waals surface area contributed by atoms with Crippen molar-refractivity contribution < 1.29 is 14.6 Å². The van der Waals surface area contributed by atoms with Crippen LogP contribution in [0.3, 0.4) is 0 Å². The van der Waals surface area contributed by atoms with Crippen LogP contribution in [0, 0.1) is 0 Å². The highest BCUT2D eigenvalue weighted by Crippen LogP contribution is 2.13. The molecule has 1 aromatic heterocycles. The Hall–Kier alpha value is -1.29. The van der Waals surface area contributed by atoms with E-state index in [-0.39, 0.29) is 6.10 Å². The molecule has 4 nitrogen and oxygen atoms in total. The van der Waals surface area contributed by atoms with Gasteiger partial charge in [0.2, 0.25) is 0 Å². The Kier molecular flexibility index (Phi) is 1.62. The van der Waals surface area contributed by atoms with E-state index in [2.05, 4.69) is 0 Å². The highest BCUT2D eigenvalue weighted by Gasteiger charge is 2.24. The van der Waals surface area contributed by atoms with E-state index in [0.29, 0.717) is 12.2 Å². The van der Waals surface area contributed by atoms with Crippen molar-refractivity contribution in [2.45, 2.75) is 12.6 Å². The van der Waals surface area contributed by atoms with Gasteiger partial charge in [-0.1, -0.05) is 0 Å². The predicted octanol–water partition coefficient (Wildman–Crippen LogP) is 0.585. The van der Waals surface area contributed by atoms with Crippen LogP contribution in [0.2, 0.25) is 0 Å². The summed E-state index contributed by atoms with van der Waals surface area (Å²) < 4.78 is 6.70. The maximum atomic E-state index is 10.6. The molecule has 1 atom stereocenters. The predicted molar refractivity (Wildman–Crippen MR) is 41.1 cm³/mol. The van der Waals surface area contributed by atoms with E-state index in [9.17, 15) is 4.79 Å². The summed E-state index contributed by atoms with van der Waals surface area (Å²) in [7, 11) is 0. The van der Waals surface area contributed by atoms with Crippen LogP contribution in [0.15, 0.2) is 18.3 Å². The Balaban J connectivity index is 2.17. The molecule has 0 spiro atoms. The Morgan fingerprint density at radius 2 is 2.58 bits per heavy atom. The first-order valence-corrected chi connectivity index (χ1v) is 3.77. The fraction of sp³-hybridized carbons (Fsp3) is 0.375. The lowest BCUT2D eigenvalue weighted by Crippen LogP contribution is -2.10. The van der Waals surface area contributed by atoms with Gasteiger partial charge in [-0.3, -0.25) is 0 Å². The number of carboxylic acids is 1. The average molecular weight is 167 g/mol. The second-order valence-electron chi connectivity index (χ2n) is 2.81. The molecule has 2 rings (SSSR count). The number of ether oxygens (including phenoxy) is 1. The van der Waals surface area contributed by atoms with Crippen molar-refractivity contribution >= 4 is 5.97 Å². The van der Waals surface area contributed by atoms with Gasteiger partial charge in [-0.15, -0.1) is 0 Å². The first kappa shape index (κ1) is 7.36. The summed E-state index contributed by atoms with van der Waals surface area (Å²) in [5.41, 5.74) is 0.325. The minimum atomic E-state index is -0.888. The first-order valence-electron chi connectivity index (χ1n) is 3.77. The van der Waals surface area contributed by atoms with Crippen molar-refractivity contribution in [2.24, 2.45) is 0 Å². The van der Waals surface area contributed by atoms with Crippen LogP contribution in [0.1, 0.15) is 10.5 Å². The molecule has 2 heterocycles. The Bertz CT molecular complexity index is 301. The largest absolute Gasteiger partial charge is 0.477 e. The Morgan fingerprint density at radius 1 is 1.83 bits per heavy atom. The lowest BCUT2D eigenvalue weighted by Gasteiger charge is -2.01. The molecule has 0 saturated carbocycles. The van der Waals surface area contributed by atoms with Gasteiger partial charge in [0.15, 0.2) is 0 Å². The lowest BCUT2D eigenvalue weighted by atomic mass is 10.4. The highest BCUT2D eigenvalue weighted by molar-refractivity contribution is 5.85. The molecular formula is C8H9NO3. The second kappa shape index (κ2) is 2.64. The highest BCUT2D eigenvalue weighted by atomic mass is 16.6. The van der Waals surface area contributed by atoms with Crippen molar-refractivity contribution in [2.75, 3.05) is 6.61 Å². The first-order chi connectivity index (χ1) is 5.77. The van der Waals surface area contributed by atoms with Crippen molar-refractivity contribution in [3.05, 3.63) is 24.0 Å². The molecule has 1 aliphatic rings. The monoisotopic (exact) mass is 167 g/mol. The third-order valence-corrected chi connectivity index (χ3v) is 1.85. The van der Waals surface area contributed by atoms with Gasteiger partial charge >= 0.3 is 5.97 Å². The minimum Gasteiger partial charge on any atom is -0.477 e. The van der Waals surface area contributed by atoms with E-state index < -0.39 is 5.97 Å². The van der Waals surface area contributed by atoms with Crippen molar-refractivity contribution in [1.82, 2.24) is 4.57 Å². The van der Waals surface area contributed by atoms with Crippen LogP contribution in [0.25, 0.3) is 0 Å². The third kappa shape index (κ3) is 1.33. The number of carbonyl (C=O) groups is 1. The molecule has 1 fully saturated rings. The Labute approximate surface area is 69.4 Å². The fourth-order valence-corrected chi connectivity index (χ4v) is 1.16. The lowest BCUT2D eigenvalue weighted by molar-refractivity contribution is 0.0684. The summed E-state index contributed by atoms with van der Waals surface area (Å²) >= 11 is 0. The van der Waals surface area contributed by atoms with E-state index in [0.717, 1.165) is 6.61 Å². The van der Waals surface area contributed by atoms with Crippen molar-refractivity contribution in [3.8, 4) is 0 Å². The maximum absolute atomic E-state index is 10.6. The summed E-state index contributed by atoms with van der Waals surface area (Å²) in [4.78, 5) is 10.6. The number of aromatic carboxylic acids is 1. The molecule has 0 amide bonds. The average Bonchev–Trinajstić information content (AvgIpc) is 2.66. The molecule has 0 aliphatic carbocycles. The van der Waals surface area contributed by atoms with Crippen LogP contribution in [-0.4, -0.2) is 28.4 Å². The minimum absolute atomic E-state index is 0.218. The number of hydrogen-bond acceptors (Lipinski definition) is 2. The molecule has 64 valence electrons. The van der Waals surface area contributed by atoms with E-state index >= 15 is 0 Å². The van der Waals surface area contributed by atoms with Crippen LogP contribution < -0.4 is 0 Å². The number of carboxylic acid groups (broad SMARTS) is 1. The van der Waals surface area contributed by atoms with Gasteiger partial charge in [-0.05, 0) is 12.1 Å². The van der Waals surface area contributed by atoms with Crippen molar-refractivity contribution in [1.29, 1.82) is 0 Å². The topological polar surface area (TPSA) is 54.8 Å². The zero-order chi connectivity index (χ0) is 8.55. The van der Waals surface area contributed by atoms with Gasteiger partial charge in [0, 0.05) is 6.20 Å². The van der Waals surface area contributed by atoms with Crippen LogP contribution in [0.4, 0.5) is 0 Å². The van der Waals surface area contributed by atoms with Crippen LogP contribution in [-0.2, 0) is 11.3 Å². The van der Waals surface area contributed by atoms with Crippen molar-refractivity contribution in [3.63, 3.8) is 0 Å². The molecule has 0 aromatic carbocycles. The number of aromatic nitrogens is 1. The number of epoxide rings is 1. The zero-order valence-electron chi connectivity index (χ0n) is 6.43. The summed E-state index contributed by atoms with van der Waals surface area (Å²) in [6, 6.07) is 3.32. The van der Waals surface area contributed by atoms with Gasteiger partial charge in [0.1, 0.15) is 5.69 Å². The molecule has 0 radical (unpaired) electrons. The SMILES string of the molecule is O=C(O)c1cccn1C[C@@H]1CO1. The second-order valence-corrected chi connectivity index (χ2v) is 2.81. The summed E-state index contributed by atoms with van der Waals surface area (Å²) in [6.07, 6.45) is 1.97. The standard InChI is InChI=1S/C8H9NO3/c10-8(11)7-2-1-3-9(7)4-6-5-12-6/h1-3,6H,4-5H2,(H,10,11)/t6-/m1/s1. The van der Waals surface area contributed by atoms with E-state index in [1.807, 2.05) is 0 Å². The molecule has 0 unspecified atom stereocenters. The van der Waals surface area contributed by atoms with Gasteiger partial charge in [0.05, 0.1) is 19.3 Å². The number of rotatable bonds is 3. The summed E-state index contributed by atoms with van der Waals surface area (Å²) in [6.45, 7) is 1.39. The molecular weight excluding hydrogens is 158 g/mol. The summed E-state index contributed by atoms with van der Waals surface area (Å²) in [5, 5.41) is 8.73. The molecule has 0 bridgehead atoms. The number of nitrogens with zero attached hydrogens (tertiary/aromatic N) is 1. The molecule has 1 N–H and O–H groups in total. The molecule has 1 aliphatic heterocycles. The molecule has 1 saturated heterocycles. The van der Waals surface area contributed by atoms with Gasteiger partial charge in [0.25, 0.3) is 0 Å². The third-order valence-electron chi connectivity index (χ3n) is 1.85. The smallest absolute Gasteiger partial charge is 0.352 e. The van der Waals surface area contributed by atoms with E-state index in [1.165, 1.54) is 0 Å². The van der Waals surface area contributed by atoms with Crippen LogP contribution >= 0.6 is 0 Å². The quantitative estimate of drug-likeness (QED) is 0.670. The maximum Gasteiger partial charge on any atom is 0.352 e. The molecule has 4 heteroatoms. The van der Waals surface area contributed by atoms with Gasteiger partial charge in [-0.25, -0.2) is 4.79 Å². The Morgan fingerprint density at radius 3 is 3.17 bits per heavy atom. The summed E-state index contributed by atoms with van der Waals surface area (Å²) in [5.74, 6) is -0.888. The van der Waals surface area contributed by atoms with Crippen LogP contribution in [0.5, 0.6) is 0 Å².